The lowest BCUT2D eigenvalue weighted by atomic mass is 9.88. The standard InChI is InChI=1S/C40H55N5O10/c1-27(5-12-33-22-40(25-53-40)15-20-51-33)6-13-35-28(2)21-34(30(4)55-35)43-36(47)14-7-29(3)54-39(50)45-18-16-44(17-19-45)38(49)52-24-31-8-10-32(11-9-31)42-37(48)23-41-26-46/h5-12,14,26,28-30,33-35H,13,15-25H2,1-4H3,(H,41,46)(H,42,48)(H,43,47)/b12-5+,14-7-,27-6+. The average molecular weight is 766 g/mol. The van der Waals surface area contributed by atoms with E-state index < -0.39 is 18.3 Å². The van der Waals surface area contributed by atoms with Crippen molar-refractivity contribution < 1.29 is 47.7 Å². The van der Waals surface area contributed by atoms with Crippen molar-refractivity contribution in [3.8, 4) is 0 Å². The highest BCUT2D eigenvalue weighted by atomic mass is 16.6. The molecule has 4 aliphatic rings. The van der Waals surface area contributed by atoms with Crippen LogP contribution in [0.3, 0.4) is 0 Å². The third kappa shape index (κ3) is 12.9. The van der Waals surface area contributed by atoms with Crippen LogP contribution in [0.4, 0.5) is 15.3 Å². The van der Waals surface area contributed by atoms with E-state index in [0.717, 1.165) is 50.0 Å². The summed E-state index contributed by atoms with van der Waals surface area (Å²) >= 11 is 0. The smallest absolute Gasteiger partial charge is 0.410 e. The number of amides is 5. The zero-order chi connectivity index (χ0) is 39.4. The SMILES string of the molecule is CC(/C=C/C1CC2(CCO1)CO2)=C\CC1OC(C)C(NC(=O)/C=C\C(C)OC(=O)N2CCN(C(=O)OCc3ccc(NC(=O)CNC=O)cc3)CC2)CC1C. The number of anilines is 1. The van der Waals surface area contributed by atoms with Crippen LogP contribution in [-0.2, 0) is 44.7 Å². The minimum Gasteiger partial charge on any atom is -0.445 e. The molecule has 7 unspecified atom stereocenters. The highest BCUT2D eigenvalue weighted by molar-refractivity contribution is 5.93. The number of allylic oxidation sites excluding steroid dienone is 2. The van der Waals surface area contributed by atoms with Crippen molar-refractivity contribution in [2.45, 2.75) is 96.0 Å². The molecular weight excluding hydrogens is 710 g/mol. The fourth-order valence-electron chi connectivity index (χ4n) is 6.81. The third-order valence-corrected chi connectivity index (χ3v) is 10.4. The number of carbonyl (C=O) groups excluding carboxylic acids is 5. The molecule has 0 aromatic heterocycles. The first kappa shape index (κ1) is 41.4. The Morgan fingerprint density at radius 3 is 2.44 bits per heavy atom. The van der Waals surface area contributed by atoms with Gasteiger partial charge >= 0.3 is 12.2 Å². The Labute approximate surface area is 322 Å². The van der Waals surface area contributed by atoms with E-state index in [4.69, 9.17) is 23.7 Å². The van der Waals surface area contributed by atoms with E-state index in [0.29, 0.717) is 12.1 Å². The number of ether oxygens (including phenoxy) is 5. The number of piperazine rings is 1. The summed E-state index contributed by atoms with van der Waals surface area (Å²) in [6, 6.07) is 6.64. The van der Waals surface area contributed by atoms with Gasteiger partial charge in [0.25, 0.3) is 0 Å². The minimum absolute atomic E-state index is 0.0374. The van der Waals surface area contributed by atoms with Crippen LogP contribution in [0.2, 0.25) is 0 Å². The van der Waals surface area contributed by atoms with E-state index in [2.05, 4.69) is 48.0 Å². The van der Waals surface area contributed by atoms with Gasteiger partial charge in [-0.05, 0) is 63.3 Å². The summed E-state index contributed by atoms with van der Waals surface area (Å²) in [6.07, 6.45) is 11.6. The fourth-order valence-corrected chi connectivity index (χ4v) is 6.81. The van der Waals surface area contributed by atoms with Crippen LogP contribution in [-0.4, -0.2) is 122 Å². The summed E-state index contributed by atoms with van der Waals surface area (Å²) in [4.78, 5) is 63.3. The molecule has 1 spiro atoms. The van der Waals surface area contributed by atoms with Crippen LogP contribution in [0.15, 0.2) is 60.2 Å². The van der Waals surface area contributed by atoms with Gasteiger partial charge in [0.1, 0.15) is 12.7 Å². The third-order valence-electron chi connectivity index (χ3n) is 10.4. The highest BCUT2D eigenvalue weighted by Gasteiger charge is 2.48. The van der Waals surface area contributed by atoms with Gasteiger partial charge in [0.2, 0.25) is 18.2 Å². The largest absolute Gasteiger partial charge is 0.445 e. The van der Waals surface area contributed by atoms with Gasteiger partial charge < -0.3 is 49.4 Å². The summed E-state index contributed by atoms with van der Waals surface area (Å²) in [7, 11) is 0. The molecule has 1 aromatic rings. The van der Waals surface area contributed by atoms with Gasteiger partial charge in [0.15, 0.2) is 0 Å². The first-order valence-corrected chi connectivity index (χ1v) is 19.1. The summed E-state index contributed by atoms with van der Waals surface area (Å²) in [5, 5.41) is 7.98. The molecule has 0 bridgehead atoms. The van der Waals surface area contributed by atoms with Crippen LogP contribution in [0.25, 0.3) is 0 Å². The lowest BCUT2D eigenvalue weighted by Crippen LogP contribution is -2.51. The van der Waals surface area contributed by atoms with Gasteiger partial charge in [-0.2, -0.15) is 0 Å². The Morgan fingerprint density at radius 2 is 1.75 bits per heavy atom. The molecule has 4 fully saturated rings. The number of benzene rings is 1. The number of hydrogen-bond donors (Lipinski definition) is 3. The van der Waals surface area contributed by atoms with Crippen molar-refractivity contribution >= 4 is 36.1 Å². The second-order valence-corrected chi connectivity index (χ2v) is 14.8. The lowest BCUT2D eigenvalue weighted by Gasteiger charge is -2.39. The zero-order valence-corrected chi connectivity index (χ0v) is 32.2. The molecule has 0 saturated carbocycles. The molecule has 0 radical (unpaired) electrons. The second-order valence-electron chi connectivity index (χ2n) is 14.8. The summed E-state index contributed by atoms with van der Waals surface area (Å²) in [5.74, 6) is -0.399. The van der Waals surface area contributed by atoms with Gasteiger partial charge in [-0.15, -0.1) is 0 Å². The maximum Gasteiger partial charge on any atom is 0.410 e. The highest BCUT2D eigenvalue weighted by Crippen LogP contribution is 2.39. The normalized spacial score (nSPS) is 27.4. The number of carbonyl (C=O) groups is 5. The van der Waals surface area contributed by atoms with Crippen LogP contribution in [0.1, 0.15) is 58.9 Å². The Balaban J connectivity index is 0.955. The number of nitrogens with zero attached hydrogens (tertiary/aromatic N) is 2. The van der Waals surface area contributed by atoms with Gasteiger partial charge in [0, 0.05) is 50.8 Å². The predicted molar refractivity (Wildman–Crippen MR) is 203 cm³/mol. The Kier molecular flexibility index (Phi) is 14.9. The number of epoxide rings is 1. The maximum absolute atomic E-state index is 12.8. The molecule has 15 heteroatoms. The molecule has 15 nitrogen and oxygen atoms in total. The van der Waals surface area contributed by atoms with E-state index >= 15 is 0 Å². The topological polar surface area (TPSA) is 177 Å². The molecule has 300 valence electrons. The summed E-state index contributed by atoms with van der Waals surface area (Å²) in [5.41, 5.74) is 2.49. The van der Waals surface area contributed by atoms with Crippen LogP contribution < -0.4 is 16.0 Å². The van der Waals surface area contributed by atoms with Crippen LogP contribution >= 0.6 is 0 Å². The van der Waals surface area contributed by atoms with Crippen molar-refractivity contribution in [2.24, 2.45) is 5.92 Å². The van der Waals surface area contributed by atoms with Gasteiger partial charge in [0.05, 0.1) is 49.7 Å². The fraction of sp³-hybridized carbons (Fsp3) is 0.575. The molecule has 55 heavy (non-hydrogen) atoms. The van der Waals surface area contributed by atoms with E-state index in [1.807, 2.05) is 6.92 Å². The van der Waals surface area contributed by atoms with Crippen LogP contribution in [0.5, 0.6) is 0 Å². The van der Waals surface area contributed by atoms with E-state index in [1.165, 1.54) is 15.9 Å². The zero-order valence-electron chi connectivity index (χ0n) is 32.2. The Bertz CT molecular complexity index is 1580. The van der Waals surface area contributed by atoms with Gasteiger partial charge in [-0.25, -0.2) is 9.59 Å². The average Bonchev–Trinajstić information content (AvgIpc) is 3.93. The van der Waals surface area contributed by atoms with Gasteiger partial charge in [-0.1, -0.05) is 42.9 Å². The summed E-state index contributed by atoms with van der Waals surface area (Å²) in [6.45, 7) is 10.5. The first-order chi connectivity index (χ1) is 26.4. The van der Waals surface area contributed by atoms with E-state index in [9.17, 15) is 24.0 Å². The summed E-state index contributed by atoms with van der Waals surface area (Å²) < 4.78 is 28.8. The maximum atomic E-state index is 12.8. The van der Waals surface area contributed by atoms with E-state index in [1.54, 1.807) is 37.3 Å². The van der Waals surface area contributed by atoms with Crippen molar-refractivity contribution in [3.05, 3.63) is 65.8 Å². The van der Waals surface area contributed by atoms with Crippen molar-refractivity contribution in [2.75, 3.05) is 51.3 Å². The van der Waals surface area contributed by atoms with Crippen LogP contribution in [0, 0.1) is 5.92 Å². The Hall–Kier alpha value is -4.73. The molecule has 1 aromatic carbocycles. The van der Waals surface area contributed by atoms with Crippen molar-refractivity contribution in [3.63, 3.8) is 0 Å². The first-order valence-electron chi connectivity index (χ1n) is 19.1. The van der Waals surface area contributed by atoms with E-state index in [-0.39, 0.29) is 87.0 Å². The molecule has 4 saturated heterocycles. The second kappa shape index (κ2) is 19.7. The van der Waals surface area contributed by atoms with Crippen molar-refractivity contribution in [1.29, 1.82) is 0 Å². The monoisotopic (exact) mass is 765 g/mol. The van der Waals surface area contributed by atoms with Crippen molar-refractivity contribution in [1.82, 2.24) is 20.4 Å². The number of hydrogen-bond acceptors (Lipinski definition) is 10. The molecule has 4 heterocycles. The number of rotatable bonds is 14. The molecule has 3 N–H and O–H groups in total. The molecule has 5 rings (SSSR count). The minimum atomic E-state index is -0.644. The number of nitrogens with one attached hydrogen (secondary N) is 3. The molecular formula is C40H55N5O10. The quantitative estimate of drug-likeness (QED) is 0.109. The van der Waals surface area contributed by atoms with Gasteiger partial charge in [-0.3, -0.25) is 14.4 Å². The molecule has 0 aliphatic carbocycles. The molecule has 5 amide bonds. The molecule has 4 aliphatic heterocycles. The predicted octanol–water partition coefficient (Wildman–Crippen LogP) is 3.85. The lowest BCUT2D eigenvalue weighted by molar-refractivity contribution is -0.123. The Morgan fingerprint density at radius 1 is 1.04 bits per heavy atom. The molecule has 7 atom stereocenters.